The molecule has 5 amide bonds. The van der Waals surface area contributed by atoms with E-state index < -0.39 is 35.2 Å². The first-order valence-corrected chi connectivity index (χ1v) is 12.7. The Morgan fingerprint density at radius 3 is 2.13 bits per heavy atom. The quantitative estimate of drug-likeness (QED) is 0.434. The minimum absolute atomic E-state index is 0.0777. The summed E-state index contributed by atoms with van der Waals surface area (Å²) >= 11 is 1.30. The average Bonchev–Trinajstić information content (AvgIpc) is 3.19. The van der Waals surface area contributed by atoms with Crippen LogP contribution >= 0.6 is 11.3 Å². The van der Waals surface area contributed by atoms with Crippen molar-refractivity contribution in [3.63, 3.8) is 0 Å². The molecule has 0 aliphatic rings. The Bertz CT molecular complexity index is 1140. The molecule has 11 nitrogen and oxygen atoms in total. The number of nitrogens with zero attached hydrogens (tertiary/aromatic N) is 2. The topological polar surface area (TPSA) is 139 Å². The van der Waals surface area contributed by atoms with Crippen molar-refractivity contribution in [2.24, 2.45) is 0 Å². The third-order valence-electron chi connectivity index (χ3n) is 4.42. The van der Waals surface area contributed by atoms with Crippen LogP contribution in [-0.2, 0) is 33.7 Å². The van der Waals surface area contributed by atoms with Crippen molar-refractivity contribution < 1.29 is 33.0 Å². The van der Waals surface area contributed by atoms with Crippen molar-refractivity contribution in [2.45, 2.75) is 79.1 Å². The normalized spacial score (nSPS) is 11.4. The second-order valence-electron chi connectivity index (χ2n) is 10.3. The molecule has 0 saturated heterocycles. The number of halogens is 1. The molecule has 0 radical (unpaired) electrons. The highest BCUT2D eigenvalue weighted by Crippen LogP contribution is 2.19. The molecule has 0 atom stereocenters. The maximum absolute atomic E-state index is 14.7. The lowest BCUT2D eigenvalue weighted by molar-refractivity contribution is -0.114. The van der Waals surface area contributed by atoms with Gasteiger partial charge in [-0.3, -0.25) is 4.79 Å². The molecule has 2 aromatic rings. The van der Waals surface area contributed by atoms with Crippen LogP contribution in [0.2, 0.25) is 0 Å². The van der Waals surface area contributed by atoms with Crippen molar-refractivity contribution in [2.75, 3.05) is 5.32 Å². The van der Waals surface area contributed by atoms with E-state index in [0.29, 0.717) is 34.1 Å². The fourth-order valence-corrected chi connectivity index (χ4v) is 3.69. The average molecular weight is 552 g/mol. The van der Waals surface area contributed by atoms with E-state index in [1.807, 2.05) is 0 Å². The summed E-state index contributed by atoms with van der Waals surface area (Å²) < 4.78 is 25.0. The number of benzene rings is 1. The minimum atomic E-state index is -1.12. The summed E-state index contributed by atoms with van der Waals surface area (Å²) in [5, 5.41) is 7.71. The molecular weight excluding hydrogens is 517 g/mol. The van der Waals surface area contributed by atoms with E-state index >= 15 is 0 Å². The second kappa shape index (κ2) is 12.7. The van der Waals surface area contributed by atoms with Crippen LogP contribution in [0.1, 0.15) is 65.3 Å². The number of hydrazine groups is 1. The lowest BCUT2D eigenvalue weighted by Gasteiger charge is -2.28. The maximum Gasteiger partial charge on any atom is 0.439 e. The molecule has 0 aliphatic heterocycles. The zero-order valence-corrected chi connectivity index (χ0v) is 23.4. The maximum atomic E-state index is 14.7. The number of amides is 5. The number of ether oxygens (including phenoxy) is 2. The highest BCUT2D eigenvalue weighted by atomic mass is 32.1. The van der Waals surface area contributed by atoms with E-state index in [-0.39, 0.29) is 12.5 Å². The number of thiazole rings is 1. The first-order valence-electron chi connectivity index (χ1n) is 11.8. The summed E-state index contributed by atoms with van der Waals surface area (Å²) in [4.78, 5) is 52.8. The van der Waals surface area contributed by atoms with Crippen LogP contribution in [0.4, 0.5) is 23.9 Å². The van der Waals surface area contributed by atoms with Gasteiger partial charge in [-0.15, -0.1) is 16.3 Å². The van der Waals surface area contributed by atoms with E-state index in [9.17, 15) is 23.6 Å². The van der Waals surface area contributed by atoms with E-state index in [0.717, 1.165) is 5.69 Å². The molecule has 0 bridgehead atoms. The van der Waals surface area contributed by atoms with Gasteiger partial charge in [0.25, 0.3) is 0 Å². The molecular formula is C25H34FN5O6S. The lowest BCUT2D eigenvalue weighted by atomic mass is 10.1. The summed E-state index contributed by atoms with van der Waals surface area (Å²) in [6.07, 6.45) is -1.37. The van der Waals surface area contributed by atoms with E-state index in [1.165, 1.54) is 24.3 Å². The fraction of sp³-hybridized carbons (Fsp3) is 0.480. The summed E-state index contributed by atoms with van der Waals surface area (Å²) in [6.45, 7) is 11.0. The van der Waals surface area contributed by atoms with Crippen molar-refractivity contribution in [3.8, 4) is 0 Å². The van der Waals surface area contributed by atoms with Gasteiger partial charge in [-0.2, -0.15) is 0 Å². The zero-order valence-electron chi connectivity index (χ0n) is 22.6. The first-order chi connectivity index (χ1) is 17.5. The molecule has 208 valence electrons. The monoisotopic (exact) mass is 551 g/mol. The van der Waals surface area contributed by atoms with Gasteiger partial charge in [0.2, 0.25) is 5.91 Å². The van der Waals surface area contributed by atoms with Gasteiger partial charge < -0.3 is 20.1 Å². The number of rotatable bonds is 6. The van der Waals surface area contributed by atoms with Crippen LogP contribution < -0.4 is 16.1 Å². The molecule has 0 spiro atoms. The van der Waals surface area contributed by atoms with Gasteiger partial charge in [-0.1, -0.05) is 12.1 Å². The van der Waals surface area contributed by atoms with Crippen LogP contribution in [0.15, 0.2) is 23.6 Å². The molecule has 0 fully saturated rings. The SMILES string of the molecule is CC(=O)Nc1nc(CCc2ccc(CNC(=O)NN(C(=O)OC(C)(C)C)C(=O)OC(C)(C)C)cc2F)cs1. The third kappa shape index (κ3) is 10.7. The largest absolute Gasteiger partial charge is 0.442 e. The Labute approximate surface area is 225 Å². The Morgan fingerprint density at radius 1 is 1.00 bits per heavy atom. The minimum Gasteiger partial charge on any atom is -0.442 e. The summed E-state index contributed by atoms with van der Waals surface area (Å²) in [6, 6.07) is 3.66. The summed E-state index contributed by atoms with van der Waals surface area (Å²) in [7, 11) is 0. The van der Waals surface area contributed by atoms with Gasteiger partial charge in [0.05, 0.1) is 5.69 Å². The lowest BCUT2D eigenvalue weighted by Crippen LogP contribution is -2.55. The summed E-state index contributed by atoms with van der Waals surface area (Å²) in [5.41, 5.74) is 1.93. The van der Waals surface area contributed by atoms with Crippen molar-refractivity contribution in [1.82, 2.24) is 20.7 Å². The first kappa shape index (κ1) is 30.5. The number of urea groups is 1. The van der Waals surface area contributed by atoms with Gasteiger partial charge in [-0.05, 0) is 71.6 Å². The molecule has 0 unspecified atom stereocenters. The third-order valence-corrected chi connectivity index (χ3v) is 5.23. The van der Waals surface area contributed by atoms with Crippen molar-refractivity contribution in [1.29, 1.82) is 0 Å². The van der Waals surface area contributed by atoms with Crippen LogP contribution in [0, 0.1) is 5.82 Å². The van der Waals surface area contributed by atoms with Gasteiger partial charge in [0, 0.05) is 18.8 Å². The smallest absolute Gasteiger partial charge is 0.439 e. The molecule has 38 heavy (non-hydrogen) atoms. The number of nitrogens with one attached hydrogen (secondary N) is 3. The predicted molar refractivity (Wildman–Crippen MR) is 140 cm³/mol. The Hall–Kier alpha value is -3.74. The molecule has 0 aliphatic carbocycles. The molecule has 2 rings (SSSR count). The number of carbonyl (C=O) groups excluding carboxylic acids is 4. The highest BCUT2D eigenvalue weighted by molar-refractivity contribution is 7.13. The van der Waals surface area contributed by atoms with Crippen LogP contribution in [0.3, 0.4) is 0 Å². The van der Waals surface area contributed by atoms with E-state index in [1.54, 1.807) is 59.1 Å². The molecule has 1 aromatic carbocycles. The molecule has 3 N–H and O–H groups in total. The number of hydrogen-bond acceptors (Lipinski definition) is 8. The van der Waals surface area contributed by atoms with Gasteiger partial charge >= 0.3 is 18.2 Å². The Morgan fingerprint density at radius 2 is 1.61 bits per heavy atom. The molecule has 1 heterocycles. The second-order valence-corrected chi connectivity index (χ2v) is 11.2. The van der Waals surface area contributed by atoms with Gasteiger partial charge in [0.15, 0.2) is 5.13 Å². The molecule has 0 saturated carbocycles. The van der Waals surface area contributed by atoms with Crippen molar-refractivity contribution >= 4 is 40.6 Å². The fourth-order valence-electron chi connectivity index (χ4n) is 2.90. The van der Waals surface area contributed by atoms with Crippen LogP contribution in [-0.4, -0.2) is 45.3 Å². The van der Waals surface area contributed by atoms with Crippen molar-refractivity contribution in [3.05, 3.63) is 46.2 Å². The Balaban J connectivity index is 1.97. The van der Waals surface area contributed by atoms with E-state index in [2.05, 4.69) is 21.0 Å². The van der Waals surface area contributed by atoms with Crippen LogP contribution in [0.25, 0.3) is 0 Å². The van der Waals surface area contributed by atoms with E-state index in [4.69, 9.17) is 9.47 Å². The van der Waals surface area contributed by atoms with Crippen LogP contribution in [0.5, 0.6) is 0 Å². The number of aryl methyl sites for hydroxylation is 2. The highest BCUT2D eigenvalue weighted by Gasteiger charge is 2.32. The summed E-state index contributed by atoms with van der Waals surface area (Å²) in [5.74, 6) is -0.664. The number of aromatic nitrogens is 1. The number of hydrogen-bond donors (Lipinski definition) is 3. The van der Waals surface area contributed by atoms with Gasteiger partial charge in [-0.25, -0.2) is 29.2 Å². The molecule has 13 heteroatoms. The standard InChI is InChI=1S/C25H34FN5O6S/c1-15(32)28-21-29-18(14-38-21)11-10-17-9-8-16(12-19(17)26)13-27-20(33)30-31(22(34)36-24(2,3)4)23(35)37-25(5,6)7/h8-9,12,14H,10-11,13H2,1-7H3,(H2,27,30,33)(H,28,29,32). The zero-order chi connectivity index (χ0) is 28.7. The predicted octanol–water partition coefficient (Wildman–Crippen LogP) is 4.91. The Kier molecular flexibility index (Phi) is 10.2. The number of imide groups is 1. The van der Waals surface area contributed by atoms with Gasteiger partial charge in [0.1, 0.15) is 17.0 Å². The number of carbonyl (C=O) groups is 4. The number of anilines is 1. The molecule has 1 aromatic heterocycles.